The number of benzene rings is 1. The maximum Gasteiger partial charge on any atom is 0.392 e. The van der Waals surface area contributed by atoms with E-state index in [-0.39, 0.29) is 12.8 Å². The van der Waals surface area contributed by atoms with Crippen molar-refractivity contribution >= 4 is 41.0 Å². The van der Waals surface area contributed by atoms with Crippen LogP contribution in [0.5, 0.6) is 0 Å². The zero-order valence-corrected chi connectivity index (χ0v) is 18.7. The first kappa shape index (κ1) is 24.8. The van der Waals surface area contributed by atoms with E-state index in [1.54, 1.807) is 18.2 Å². The molecule has 0 spiro atoms. The summed E-state index contributed by atoms with van der Waals surface area (Å²) in [5.74, 6) is -6.82. The molecule has 32 heavy (non-hydrogen) atoms. The van der Waals surface area contributed by atoms with Gasteiger partial charge in [0.1, 0.15) is 6.04 Å². The maximum atomic E-state index is 13.7. The van der Waals surface area contributed by atoms with E-state index in [1.807, 2.05) is 0 Å². The van der Waals surface area contributed by atoms with Crippen molar-refractivity contribution < 1.29 is 32.7 Å². The van der Waals surface area contributed by atoms with E-state index in [9.17, 15) is 32.7 Å². The lowest BCUT2D eigenvalue weighted by Gasteiger charge is -2.44. The molecule has 3 atom stereocenters. The number of halogens is 5. The Morgan fingerprint density at radius 1 is 1.16 bits per heavy atom. The Labute approximate surface area is 193 Å². The fourth-order valence-electron chi connectivity index (χ4n) is 4.81. The first-order valence-corrected chi connectivity index (χ1v) is 11.4. The summed E-state index contributed by atoms with van der Waals surface area (Å²) >= 11 is 12.0. The third-order valence-electron chi connectivity index (χ3n) is 6.50. The molecule has 1 aliphatic carbocycles. The van der Waals surface area contributed by atoms with Gasteiger partial charge in [-0.1, -0.05) is 42.5 Å². The number of alkyl halides is 3. The summed E-state index contributed by atoms with van der Waals surface area (Å²) in [4.78, 5) is 37.5. The van der Waals surface area contributed by atoms with Crippen molar-refractivity contribution in [2.24, 2.45) is 17.8 Å². The molecule has 0 unspecified atom stereocenters. The number of imide groups is 1. The number of aliphatic carboxylic acids is 1. The zero-order chi connectivity index (χ0) is 23.6. The van der Waals surface area contributed by atoms with Gasteiger partial charge in [0, 0.05) is 16.5 Å². The average molecular weight is 494 g/mol. The Morgan fingerprint density at radius 2 is 1.81 bits per heavy atom. The highest BCUT2D eigenvalue weighted by Gasteiger charge is 2.56. The molecule has 2 amide bonds. The molecule has 1 saturated carbocycles. The van der Waals surface area contributed by atoms with E-state index in [4.69, 9.17) is 23.2 Å². The van der Waals surface area contributed by atoms with Crippen molar-refractivity contribution in [3.8, 4) is 0 Å². The summed E-state index contributed by atoms with van der Waals surface area (Å²) in [7, 11) is 0. The number of carboxylic acids is 1. The van der Waals surface area contributed by atoms with Crippen molar-refractivity contribution in [3.05, 3.63) is 33.8 Å². The van der Waals surface area contributed by atoms with Crippen molar-refractivity contribution in [2.45, 2.75) is 63.6 Å². The number of nitrogens with zero attached hydrogens (tertiary/aromatic N) is 1. The molecular formula is C22H24Cl2F3NO4. The van der Waals surface area contributed by atoms with Gasteiger partial charge >= 0.3 is 12.1 Å². The van der Waals surface area contributed by atoms with Crippen LogP contribution < -0.4 is 0 Å². The predicted octanol–water partition coefficient (Wildman–Crippen LogP) is 5.51. The molecular weight excluding hydrogens is 470 g/mol. The molecule has 0 bridgehead atoms. The van der Waals surface area contributed by atoms with Gasteiger partial charge in [0.25, 0.3) is 0 Å². The number of carboxylic acid groups (broad SMARTS) is 1. The van der Waals surface area contributed by atoms with Crippen LogP contribution in [0.3, 0.4) is 0 Å². The molecule has 0 radical (unpaired) electrons. The SMILES string of the molecule is O=C(O)[C@@H]1[C@@H](CCc2cc(Cl)ccc2Cl)C(=O)N1C(=O)C[C@@H](C1CCCCC1)C(F)(F)F. The van der Waals surface area contributed by atoms with E-state index < -0.39 is 54.2 Å². The van der Waals surface area contributed by atoms with Crippen LogP contribution in [0.15, 0.2) is 18.2 Å². The van der Waals surface area contributed by atoms with Gasteiger partial charge in [-0.15, -0.1) is 0 Å². The highest BCUT2D eigenvalue weighted by Crippen LogP contribution is 2.43. The summed E-state index contributed by atoms with van der Waals surface area (Å²) in [6, 6.07) is 3.29. The van der Waals surface area contributed by atoms with E-state index in [2.05, 4.69) is 0 Å². The fraction of sp³-hybridized carbons (Fsp3) is 0.591. The summed E-state index contributed by atoms with van der Waals surface area (Å²) < 4.78 is 41.0. The number of hydrogen-bond acceptors (Lipinski definition) is 3. The predicted molar refractivity (Wildman–Crippen MR) is 112 cm³/mol. The van der Waals surface area contributed by atoms with Gasteiger partial charge in [0.15, 0.2) is 0 Å². The molecule has 2 aliphatic rings. The van der Waals surface area contributed by atoms with Crippen LogP contribution in [0.4, 0.5) is 13.2 Å². The zero-order valence-electron chi connectivity index (χ0n) is 17.2. The second-order valence-electron chi connectivity index (χ2n) is 8.52. The molecule has 2 fully saturated rings. The number of hydrogen-bond donors (Lipinski definition) is 1. The molecule has 1 aromatic rings. The third kappa shape index (κ3) is 5.39. The highest BCUT2D eigenvalue weighted by molar-refractivity contribution is 6.33. The number of carbonyl (C=O) groups excluding carboxylic acids is 2. The number of rotatable bonds is 7. The molecule has 5 nitrogen and oxygen atoms in total. The maximum absolute atomic E-state index is 13.7. The Balaban J connectivity index is 1.70. The van der Waals surface area contributed by atoms with Crippen LogP contribution in [-0.2, 0) is 20.8 Å². The highest BCUT2D eigenvalue weighted by atomic mass is 35.5. The standard InChI is InChI=1S/C22H24Cl2F3NO4/c23-14-7-9-17(24)13(10-14)6-8-15-19(21(31)32)28(20(15)30)18(29)11-16(22(25,26)27)12-4-2-1-3-5-12/h7,9-10,12,15-16,19H,1-6,8,11H2,(H,31,32)/t15-,16+,19+/m1/s1. The Kier molecular flexibility index (Phi) is 7.76. The minimum absolute atomic E-state index is 0.0883. The number of likely N-dealkylation sites (tertiary alicyclic amines) is 1. The van der Waals surface area contributed by atoms with Crippen molar-refractivity contribution in [1.82, 2.24) is 4.90 Å². The van der Waals surface area contributed by atoms with E-state index in [0.717, 1.165) is 6.42 Å². The summed E-state index contributed by atoms with van der Waals surface area (Å²) in [6.07, 6.45) is -2.23. The summed E-state index contributed by atoms with van der Waals surface area (Å²) in [5.41, 5.74) is 0.621. The van der Waals surface area contributed by atoms with Crippen molar-refractivity contribution in [2.75, 3.05) is 0 Å². The molecule has 1 heterocycles. The van der Waals surface area contributed by atoms with Gasteiger partial charge in [-0.2, -0.15) is 13.2 Å². The van der Waals surface area contributed by atoms with Gasteiger partial charge in [-0.3, -0.25) is 14.5 Å². The number of amides is 2. The van der Waals surface area contributed by atoms with Crippen molar-refractivity contribution in [3.63, 3.8) is 0 Å². The van der Waals surface area contributed by atoms with Crippen LogP contribution in [-0.4, -0.2) is 40.0 Å². The first-order valence-electron chi connectivity index (χ1n) is 10.6. The van der Waals surface area contributed by atoms with E-state index in [1.165, 1.54) is 0 Å². The molecule has 3 rings (SSSR count). The minimum atomic E-state index is -4.59. The van der Waals surface area contributed by atoms with E-state index in [0.29, 0.717) is 46.2 Å². The van der Waals surface area contributed by atoms with Crippen molar-refractivity contribution in [1.29, 1.82) is 0 Å². The number of aryl methyl sites for hydroxylation is 1. The molecule has 0 aromatic heterocycles. The Hall–Kier alpha value is -1.80. The smallest absolute Gasteiger partial charge is 0.392 e. The van der Waals surface area contributed by atoms with Crippen LogP contribution >= 0.6 is 23.2 Å². The topological polar surface area (TPSA) is 74.7 Å². The summed E-state index contributed by atoms with van der Waals surface area (Å²) in [5, 5.41) is 10.4. The third-order valence-corrected chi connectivity index (χ3v) is 7.11. The van der Waals surface area contributed by atoms with Gasteiger partial charge in [-0.25, -0.2) is 4.79 Å². The van der Waals surface area contributed by atoms with Gasteiger partial charge < -0.3 is 5.11 Å². The number of β-lactam (4-membered cyclic amide) rings is 1. The Bertz CT molecular complexity index is 886. The second kappa shape index (κ2) is 10.00. The monoisotopic (exact) mass is 493 g/mol. The lowest BCUT2D eigenvalue weighted by molar-refractivity contribution is -0.200. The molecule has 10 heteroatoms. The van der Waals surface area contributed by atoms with Crippen LogP contribution in [0, 0.1) is 17.8 Å². The molecule has 1 aliphatic heterocycles. The molecule has 1 saturated heterocycles. The quantitative estimate of drug-likeness (QED) is 0.507. The van der Waals surface area contributed by atoms with Gasteiger partial charge in [0.05, 0.1) is 11.8 Å². The van der Waals surface area contributed by atoms with Crippen LogP contribution in [0.25, 0.3) is 0 Å². The van der Waals surface area contributed by atoms with Gasteiger partial charge in [-0.05, 0) is 55.4 Å². The largest absolute Gasteiger partial charge is 0.480 e. The van der Waals surface area contributed by atoms with Gasteiger partial charge in [0.2, 0.25) is 11.8 Å². The van der Waals surface area contributed by atoms with E-state index >= 15 is 0 Å². The minimum Gasteiger partial charge on any atom is -0.480 e. The fourth-order valence-corrected chi connectivity index (χ4v) is 5.22. The lowest BCUT2D eigenvalue weighted by Crippen LogP contribution is -2.66. The first-order chi connectivity index (χ1) is 15.0. The average Bonchev–Trinajstić information content (AvgIpc) is 2.72. The molecule has 176 valence electrons. The normalized spacial score (nSPS) is 23.0. The Morgan fingerprint density at radius 3 is 2.41 bits per heavy atom. The molecule has 1 N–H and O–H groups in total. The van der Waals surface area contributed by atoms with Crippen LogP contribution in [0.1, 0.15) is 50.5 Å². The number of carbonyl (C=O) groups is 3. The molecule has 1 aromatic carbocycles. The van der Waals surface area contributed by atoms with Crippen LogP contribution in [0.2, 0.25) is 10.0 Å². The summed E-state index contributed by atoms with van der Waals surface area (Å²) in [6.45, 7) is 0. The lowest BCUT2D eigenvalue weighted by atomic mass is 9.77. The second-order valence-corrected chi connectivity index (χ2v) is 9.36.